The molecule has 0 saturated carbocycles. The molecule has 5 heteroatoms. The minimum atomic E-state index is -0.296. The van der Waals surface area contributed by atoms with Gasteiger partial charge in [0.25, 0.3) is 0 Å². The highest BCUT2D eigenvalue weighted by atomic mass is 16.1. The molecule has 130 valence electrons. The Morgan fingerprint density at radius 3 is 2.09 bits per heavy atom. The molecule has 0 aliphatic rings. The fourth-order valence-electron chi connectivity index (χ4n) is 2.11. The molecular weight excluding hydrogens is 290 g/mol. The van der Waals surface area contributed by atoms with E-state index >= 15 is 0 Å². The number of ketones is 2. The van der Waals surface area contributed by atoms with Gasteiger partial charge in [0.2, 0.25) is 0 Å². The van der Waals surface area contributed by atoms with E-state index in [0.717, 1.165) is 25.1 Å². The lowest BCUT2D eigenvalue weighted by Gasteiger charge is -2.16. The molecule has 0 amide bonds. The van der Waals surface area contributed by atoms with Gasteiger partial charge < -0.3 is 0 Å². The van der Waals surface area contributed by atoms with Gasteiger partial charge in [-0.1, -0.05) is 46.8 Å². The summed E-state index contributed by atoms with van der Waals surface area (Å²) in [5, 5.41) is 8.21. The smallest absolute Gasteiger partial charge is 0.138 e. The summed E-state index contributed by atoms with van der Waals surface area (Å²) >= 11 is 0. The monoisotopic (exact) mass is 321 g/mol. The Balaban J connectivity index is 2.32. The summed E-state index contributed by atoms with van der Waals surface area (Å²) in [4.78, 5) is 23.8. The first-order valence-corrected chi connectivity index (χ1v) is 8.46. The van der Waals surface area contributed by atoms with Crippen molar-refractivity contribution in [2.45, 2.75) is 80.2 Å². The molecule has 0 aliphatic heterocycles. The van der Waals surface area contributed by atoms with Gasteiger partial charge in [-0.3, -0.25) is 14.3 Å². The quantitative estimate of drug-likeness (QED) is 0.686. The van der Waals surface area contributed by atoms with Gasteiger partial charge in [0.1, 0.15) is 11.6 Å². The van der Waals surface area contributed by atoms with Gasteiger partial charge in [0.15, 0.2) is 0 Å². The van der Waals surface area contributed by atoms with E-state index in [0.29, 0.717) is 25.0 Å². The maximum atomic E-state index is 11.9. The van der Waals surface area contributed by atoms with Crippen LogP contribution in [0.2, 0.25) is 0 Å². The van der Waals surface area contributed by atoms with Crippen LogP contribution in [0.25, 0.3) is 0 Å². The van der Waals surface area contributed by atoms with Crippen LogP contribution in [0, 0.1) is 10.8 Å². The molecule has 0 fully saturated rings. The number of aryl methyl sites for hydroxylation is 2. The molecule has 1 aromatic rings. The molecule has 0 bridgehead atoms. The van der Waals surface area contributed by atoms with Gasteiger partial charge in [0.05, 0.1) is 5.69 Å². The lowest BCUT2D eigenvalue weighted by atomic mass is 9.88. The van der Waals surface area contributed by atoms with E-state index in [4.69, 9.17) is 0 Å². The Hall–Kier alpha value is -1.52. The first-order valence-electron chi connectivity index (χ1n) is 8.46. The molecule has 0 radical (unpaired) electrons. The third-order valence-electron chi connectivity index (χ3n) is 3.91. The predicted molar refractivity (Wildman–Crippen MR) is 91.1 cm³/mol. The Morgan fingerprint density at radius 1 is 0.957 bits per heavy atom. The number of rotatable bonds is 8. The first kappa shape index (κ1) is 19.5. The summed E-state index contributed by atoms with van der Waals surface area (Å²) in [6.45, 7) is 12.4. The van der Waals surface area contributed by atoms with Gasteiger partial charge in [-0.2, -0.15) is 0 Å². The maximum absolute atomic E-state index is 11.9. The first-order chi connectivity index (χ1) is 10.5. The van der Waals surface area contributed by atoms with Crippen LogP contribution >= 0.6 is 0 Å². The third-order valence-corrected chi connectivity index (χ3v) is 3.91. The highest BCUT2D eigenvalue weighted by Gasteiger charge is 2.21. The zero-order chi connectivity index (χ0) is 17.7. The molecule has 0 spiro atoms. The minimum Gasteiger partial charge on any atom is -0.299 e. The molecular formula is C18H31N3O2. The van der Waals surface area contributed by atoms with E-state index < -0.39 is 0 Å². The van der Waals surface area contributed by atoms with Crippen LogP contribution < -0.4 is 0 Å². The molecule has 0 atom stereocenters. The molecule has 23 heavy (non-hydrogen) atoms. The number of unbranched alkanes of at least 4 members (excludes halogenated alkanes) is 1. The molecule has 0 aromatic carbocycles. The summed E-state index contributed by atoms with van der Waals surface area (Å²) < 4.78 is 1.80. The molecule has 0 aliphatic carbocycles. The molecule has 0 unspecified atom stereocenters. The standard InChI is InChI=1S/C18H31N3O2/c1-17(2,3)15(22)9-7-8-12-21-13-14(19-20-21)10-11-16(23)18(4,5)6/h13H,7-12H2,1-6H3. The van der Waals surface area contributed by atoms with Crippen LogP contribution in [0.1, 0.15) is 72.9 Å². The van der Waals surface area contributed by atoms with Gasteiger partial charge in [0, 0.05) is 42.8 Å². The predicted octanol–water partition coefficient (Wildman–Crippen LogP) is 3.61. The lowest BCUT2D eigenvalue weighted by molar-refractivity contribution is -0.127. The second kappa shape index (κ2) is 7.84. The van der Waals surface area contributed by atoms with Crippen LogP contribution in [0.15, 0.2) is 6.20 Å². The minimum absolute atomic E-state index is 0.243. The Bertz CT molecular complexity index is 533. The maximum Gasteiger partial charge on any atom is 0.138 e. The molecule has 1 aromatic heterocycles. The van der Waals surface area contributed by atoms with Crippen LogP contribution in [0.3, 0.4) is 0 Å². The van der Waals surface area contributed by atoms with Gasteiger partial charge in [-0.25, -0.2) is 0 Å². The van der Waals surface area contributed by atoms with E-state index in [1.807, 2.05) is 47.7 Å². The third kappa shape index (κ3) is 7.06. The number of hydrogen-bond donors (Lipinski definition) is 0. The lowest BCUT2D eigenvalue weighted by Crippen LogP contribution is -2.20. The number of nitrogens with zero attached hydrogens (tertiary/aromatic N) is 3. The molecule has 0 saturated heterocycles. The highest BCUT2D eigenvalue weighted by Crippen LogP contribution is 2.19. The zero-order valence-electron chi connectivity index (χ0n) is 15.5. The normalized spacial score (nSPS) is 12.4. The number of carbonyl (C=O) groups excluding carboxylic acids is 2. The summed E-state index contributed by atoms with van der Waals surface area (Å²) in [5.41, 5.74) is 0.309. The second-order valence-corrected chi connectivity index (χ2v) is 8.28. The van der Waals surface area contributed by atoms with Crippen LogP contribution in [-0.2, 0) is 22.6 Å². The van der Waals surface area contributed by atoms with Gasteiger partial charge in [-0.05, 0) is 12.8 Å². The van der Waals surface area contributed by atoms with E-state index in [1.165, 1.54) is 0 Å². The van der Waals surface area contributed by atoms with Crippen molar-refractivity contribution in [3.8, 4) is 0 Å². The molecule has 1 heterocycles. The van der Waals surface area contributed by atoms with Crippen LogP contribution in [-0.4, -0.2) is 26.6 Å². The average Bonchev–Trinajstić information content (AvgIpc) is 2.86. The van der Waals surface area contributed by atoms with Gasteiger partial charge >= 0.3 is 0 Å². The molecule has 1 rings (SSSR count). The van der Waals surface area contributed by atoms with Crippen molar-refractivity contribution in [2.75, 3.05) is 0 Å². The van der Waals surface area contributed by atoms with Crippen molar-refractivity contribution < 1.29 is 9.59 Å². The summed E-state index contributed by atoms with van der Waals surface area (Å²) in [6.07, 6.45) is 5.44. The van der Waals surface area contributed by atoms with Crippen LogP contribution in [0.5, 0.6) is 0 Å². The van der Waals surface area contributed by atoms with Crippen molar-refractivity contribution in [1.82, 2.24) is 15.0 Å². The van der Waals surface area contributed by atoms with E-state index in [1.54, 1.807) is 4.68 Å². The molecule has 0 N–H and O–H groups in total. The summed E-state index contributed by atoms with van der Waals surface area (Å²) in [5.74, 6) is 0.546. The largest absolute Gasteiger partial charge is 0.299 e. The Labute approximate surface area is 139 Å². The Kier molecular flexibility index (Phi) is 6.66. The van der Waals surface area contributed by atoms with Crippen molar-refractivity contribution in [3.05, 3.63) is 11.9 Å². The second-order valence-electron chi connectivity index (χ2n) is 8.28. The number of aromatic nitrogens is 3. The van der Waals surface area contributed by atoms with Crippen molar-refractivity contribution in [3.63, 3.8) is 0 Å². The van der Waals surface area contributed by atoms with E-state index in [9.17, 15) is 9.59 Å². The van der Waals surface area contributed by atoms with Crippen molar-refractivity contribution in [1.29, 1.82) is 0 Å². The number of hydrogen-bond acceptors (Lipinski definition) is 4. The Morgan fingerprint density at radius 2 is 1.52 bits per heavy atom. The van der Waals surface area contributed by atoms with E-state index in [-0.39, 0.29) is 16.6 Å². The highest BCUT2D eigenvalue weighted by molar-refractivity contribution is 5.84. The fourth-order valence-corrected chi connectivity index (χ4v) is 2.11. The topological polar surface area (TPSA) is 64.8 Å². The SMILES string of the molecule is CC(C)(C)C(=O)CCCCn1cc(CCC(=O)C(C)(C)C)nn1. The zero-order valence-corrected chi connectivity index (χ0v) is 15.5. The fraction of sp³-hybridized carbons (Fsp3) is 0.778. The number of carbonyl (C=O) groups is 2. The van der Waals surface area contributed by atoms with Crippen molar-refractivity contribution in [2.24, 2.45) is 10.8 Å². The van der Waals surface area contributed by atoms with Crippen molar-refractivity contribution >= 4 is 11.6 Å². The van der Waals surface area contributed by atoms with E-state index in [2.05, 4.69) is 10.3 Å². The van der Waals surface area contributed by atoms with Crippen LogP contribution in [0.4, 0.5) is 0 Å². The van der Waals surface area contributed by atoms with Gasteiger partial charge in [-0.15, -0.1) is 5.10 Å². The summed E-state index contributed by atoms with van der Waals surface area (Å²) in [6, 6.07) is 0. The summed E-state index contributed by atoms with van der Waals surface area (Å²) in [7, 11) is 0. The number of Topliss-reactive ketones (excluding diaryl/α,β-unsaturated/α-hetero) is 2. The molecule has 5 nitrogen and oxygen atoms in total. The average molecular weight is 321 g/mol.